The van der Waals surface area contributed by atoms with Gasteiger partial charge in [0.05, 0.1) is 3.79 Å². The highest BCUT2D eigenvalue weighted by Gasteiger charge is 2.18. The van der Waals surface area contributed by atoms with E-state index in [2.05, 4.69) is 20.7 Å². The minimum absolute atomic E-state index is 0.0800. The molecule has 1 unspecified atom stereocenters. The molecule has 0 aliphatic rings. The van der Waals surface area contributed by atoms with Crippen LogP contribution in [0, 0.1) is 0 Å². The summed E-state index contributed by atoms with van der Waals surface area (Å²) in [5.41, 5.74) is 0. The van der Waals surface area contributed by atoms with Crippen LogP contribution in [0.25, 0.3) is 0 Å². The fraction of sp³-hybridized carbons (Fsp3) is 0.556. The van der Waals surface area contributed by atoms with Gasteiger partial charge in [-0.3, -0.25) is 0 Å². The minimum atomic E-state index is -3.41. The number of hydrogen-bond donors (Lipinski definition) is 2. The summed E-state index contributed by atoms with van der Waals surface area (Å²) in [5, 5.41) is 8.65. The molecule has 0 aliphatic carbocycles. The second-order valence-electron chi connectivity index (χ2n) is 3.45. The number of rotatable bonds is 6. The zero-order chi connectivity index (χ0) is 12.2. The van der Waals surface area contributed by atoms with Gasteiger partial charge in [-0.2, -0.15) is 0 Å². The van der Waals surface area contributed by atoms with E-state index in [1.807, 2.05) is 0 Å². The predicted octanol–water partition coefficient (Wildman–Crippen LogP) is 1.95. The van der Waals surface area contributed by atoms with Gasteiger partial charge in [-0.15, -0.1) is 11.3 Å². The van der Waals surface area contributed by atoms with Crippen LogP contribution in [0.1, 0.15) is 19.8 Å². The van der Waals surface area contributed by atoms with Crippen LogP contribution in [-0.4, -0.2) is 26.2 Å². The van der Waals surface area contributed by atoms with E-state index >= 15 is 0 Å². The summed E-state index contributed by atoms with van der Waals surface area (Å²) in [6.07, 6.45) is 1.22. The molecule has 0 bridgehead atoms. The molecular weight excluding hydrogens is 314 g/mol. The molecular formula is C9H14BrNO3S2. The van der Waals surface area contributed by atoms with E-state index in [1.165, 1.54) is 11.3 Å². The number of aliphatic hydroxyl groups excluding tert-OH is 1. The quantitative estimate of drug-likeness (QED) is 0.839. The largest absolute Gasteiger partial charge is 0.396 e. The molecule has 1 aromatic heterocycles. The SMILES string of the molecule is CC(CCCO)NS(=O)(=O)c1ccc(Br)s1. The van der Waals surface area contributed by atoms with Crippen molar-refractivity contribution in [3.8, 4) is 0 Å². The fourth-order valence-corrected chi connectivity index (χ4v) is 4.53. The Bertz CT molecular complexity index is 430. The summed E-state index contributed by atoms with van der Waals surface area (Å²) in [5.74, 6) is 0. The van der Waals surface area contributed by atoms with Crippen LogP contribution >= 0.6 is 27.3 Å². The maximum Gasteiger partial charge on any atom is 0.250 e. The van der Waals surface area contributed by atoms with E-state index in [1.54, 1.807) is 19.1 Å². The van der Waals surface area contributed by atoms with Crippen molar-refractivity contribution in [2.45, 2.75) is 30.0 Å². The molecule has 0 aromatic carbocycles. The molecule has 0 fully saturated rings. The first-order valence-corrected chi connectivity index (χ1v) is 7.93. The molecule has 1 aromatic rings. The number of halogens is 1. The predicted molar refractivity (Wildman–Crippen MR) is 68.1 cm³/mol. The van der Waals surface area contributed by atoms with E-state index < -0.39 is 10.0 Å². The van der Waals surface area contributed by atoms with Crippen molar-refractivity contribution in [1.82, 2.24) is 4.72 Å². The Hall–Kier alpha value is 0.0500. The summed E-state index contributed by atoms with van der Waals surface area (Å²) in [4.78, 5) is 0. The van der Waals surface area contributed by atoms with Gasteiger partial charge in [-0.05, 0) is 47.8 Å². The van der Waals surface area contributed by atoms with Gasteiger partial charge in [0, 0.05) is 12.6 Å². The normalized spacial score (nSPS) is 13.9. The molecule has 2 N–H and O–H groups in total. The van der Waals surface area contributed by atoms with Crippen molar-refractivity contribution in [2.75, 3.05) is 6.61 Å². The van der Waals surface area contributed by atoms with Gasteiger partial charge in [0.2, 0.25) is 10.0 Å². The molecule has 4 nitrogen and oxygen atoms in total. The van der Waals surface area contributed by atoms with Crippen molar-refractivity contribution < 1.29 is 13.5 Å². The monoisotopic (exact) mass is 327 g/mol. The first kappa shape index (κ1) is 14.1. The van der Waals surface area contributed by atoms with Crippen molar-refractivity contribution in [2.24, 2.45) is 0 Å². The summed E-state index contributed by atoms with van der Waals surface area (Å²) in [6.45, 7) is 1.87. The first-order chi connectivity index (χ1) is 7.45. The molecule has 0 radical (unpaired) electrons. The van der Waals surface area contributed by atoms with Crippen LogP contribution < -0.4 is 4.72 Å². The van der Waals surface area contributed by atoms with Crippen molar-refractivity contribution >= 4 is 37.3 Å². The van der Waals surface area contributed by atoms with Crippen LogP contribution in [0.15, 0.2) is 20.1 Å². The van der Waals surface area contributed by atoms with Crippen LogP contribution in [0.3, 0.4) is 0 Å². The molecule has 0 saturated carbocycles. The van der Waals surface area contributed by atoms with E-state index in [4.69, 9.17) is 5.11 Å². The van der Waals surface area contributed by atoms with Gasteiger partial charge in [-0.25, -0.2) is 13.1 Å². The van der Waals surface area contributed by atoms with Crippen molar-refractivity contribution in [3.05, 3.63) is 15.9 Å². The van der Waals surface area contributed by atoms with Gasteiger partial charge >= 0.3 is 0 Å². The third kappa shape index (κ3) is 4.14. The van der Waals surface area contributed by atoms with E-state index in [0.29, 0.717) is 17.1 Å². The molecule has 1 rings (SSSR count). The summed E-state index contributed by atoms with van der Waals surface area (Å²) >= 11 is 4.40. The third-order valence-electron chi connectivity index (χ3n) is 1.96. The Kier molecular flexibility index (Phi) is 5.39. The molecule has 1 atom stereocenters. The highest BCUT2D eigenvalue weighted by Crippen LogP contribution is 2.26. The summed E-state index contributed by atoms with van der Waals surface area (Å²) in [7, 11) is -3.41. The van der Waals surface area contributed by atoms with Gasteiger partial charge in [-0.1, -0.05) is 0 Å². The standard InChI is InChI=1S/C9H14BrNO3S2/c1-7(3-2-6-12)11-16(13,14)9-5-4-8(10)15-9/h4-5,7,11-12H,2-3,6H2,1H3. The van der Waals surface area contributed by atoms with Gasteiger partial charge in [0.15, 0.2) is 0 Å². The molecule has 92 valence electrons. The van der Waals surface area contributed by atoms with E-state index in [-0.39, 0.29) is 12.6 Å². The molecule has 1 heterocycles. The van der Waals surface area contributed by atoms with Gasteiger partial charge in [0.25, 0.3) is 0 Å². The number of sulfonamides is 1. The van der Waals surface area contributed by atoms with E-state index in [9.17, 15) is 8.42 Å². The lowest BCUT2D eigenvalue weighted by molar-refractivity contribution is 0.279. The lowest BCUT2D eigenvalue weighted by Gasteiger charge is -2.12. The average Bonchev–Trinajstić information content (AvgIpc) is 2.62. The summed E-state index contributed by atoms with van der Waals surface area (Å²) < 4.78 is 27.3. The number of aliphatic hydroxyl groups is 1. The number of hydrogen-bond acceptors (Lipinski definition) is 4. The van der Waals surface area contributed by atoms with Crippen LogP contribution in [0.4, 0.5) is 0 Å². The van der Waals surface area contributed by atoms with Crippen molar-refractivity contribution in [3.63, 3.8) is 0 Å². The van der Waals surface area contributed by atoms with Gasteiger partial charge < -0.3 is 5.11 Å². The number of thiophene rings is 1. The Morgan fingerprint density at radius 3 is 2.75 bits per heavy atom. The van der Waals surface area contributed by atoms with Crippen LogP contribution in [-0.2, 0) is 10.0 Å². The molecule has 16 heavy (non-hydrogen) atoms. The lowest BCUT2D eigenvalue weighted by atomic mass is 10.2. The fourth-order valence-electron chi connectivity index (χ4n) is 1.22. The minimum Gasteiger partial charge on any atom is -0.396 e. The van der Waals surface area contributed by atoms with E-state index in [0.717, 1.165) is 3.79 Å². The zero-order valence-electron chi connectivity index (χ0n) is 8.81. The maximum absolute atomic E-state index is 11.8. The highest BCUT2D eigenvalue weighted by molar-refractivity contribution is 9.11. The second kappa shape index (κ2) is 6.11. The molecule has 0 spiro atoms. The van der Waals surface area contributed by atoms with Crippen LogP contribution in [0.2, 0.25) is 0 Å². The Morgan fingerprint density at radius 1 is 1.56 bits per heavy atom. The highest BCUT2D eigenvalue weighted by atomic mass is 79.9. The molecule has 7 heteroatoms. The third-order valence-corrected chi connectivity index (χ3v) is 5.67. The van der Waals surface area contributed by atoms with Gasteiger partial charge in [0.1, 0.15) is 4.21 Å². The number of nitrogens with one attached hydrogen (secondary N) is 1. The summed E-state index contributed by atoms with van der Waals surface area (Å²) in [6, 6.07) is 3.10. The Balaban J connectivity index is 2.65. The molecule has 0 amide bonds. The second-order valence-corrected chi connectivity index (χ2v) is 7.85. The Labute approximate surface area is 108 Å². The lowest BCUT2D eigenvalue weighted by Crippen LogP contribution is -2.32. The molecule has 0 aliphatic heterocycles. The van der Waals surface area contributed by atoms with Crippen molar-refractivity contribution in [1.29, 1.82) is 0 Å². The smallest absolute Gasteiger partial charge is 0.250 e. The maximum atomic E-state index is 11.8. The molecule has 0 saturated heterocycles. The zero-order valence-corrected chi connectivity index (χ0v) is 12.0. The Morgan fingerprint density at radius 2 is 2.25 bits per heavy atom. The topological polar surface area (TPSA) is 66.4 Å². The first-order valence-electron chi connectivity index (χ1n) is 4.84. The van der Waals surface area contributed by atoms with Crippen LogP contribution in [0.5, 0.6) is 0 Å². The average molecular weight is 328 g/mol.